The summed E-state index contributed by atoms with van der Waals surface area (Å²) in [5.41, 5.74) is 2.28. The molecule has 0 radical (unpaired) electrons. The molecule has 1 aliphatic rings. The molecule has 2 heterocycles. The first-order valence-corrected chi connectivity index (χ1v) is 8.53. The van der Waals surface area contributed by atoms with E-state index in [1.807, 2.05) is 44.2 Å². The molecule has 1 aliphatic heterocycles. The number of aryl methyl sites for hydroxylation is 1. The molecule has 1 unspecified atom stereocenters. The fraction of sp³-hybridized carbons (Fsp3) is 0.200. The molecule has 0 saturated carbocycles. The van der Waals surface area contributed by atoms with Crippen LogP contribution in [0.3, 0.4) is 0 Å². The molecule has 1 aromatic heterocycles. The lowest BCUT2D eigenvalue weighted by Crippen LogP contribution is -2.29. The standard InChI is InChI=1S/C20H16ClNO3/c1-3-22-17(12-7-5-4-6-8-12)16-18(23)13-10-14(21)11(2)9-15(13)25-19(16)20(22)24/h4-10,17H,3H2,1-2H3. The van der Waals surface area contributed by atoms with Gasteiger partial charge < -0.3 is 9.32 Å². The van der Waals surface area contributed by atoms with Gasteiger partial charge in [0.05, 0.1) is 17.0 Å². The van der Waals surface area contributed by atoms with Crippen LogP contribution < -0.4 is 5.43 Å². The maximum atomic E-state index is 13.2. The molecule has 4 nitrogen and oxygen atoms in total. The average molecular weight is 354 g/mol. The minimum Gasteiger partial charge on any atom is -0.450 e. The zero-order chi connectivity index (χ0) is 17.7. The lowest BCUT2D eigenvalue weighted by atomic mass is 9.98. The summed E-state index contributed by atoms with van der Waals surface area (Å²) in [4.78, 5) is 27.7. The Balaban J connectivity index is 2.06. The van der Waals surface area contributed by atoms with Gasteiger partial charge in [-0.1, -0.05) is 41.9 Å². The minimum atomic E-state index is -0.436. The third-order valence-electron chi connectivity index (χ3n) is 4.70. The smallest absolute Gasteiger partial charge is 0.290 e. The Labute approximate surface area is 149 Å². The van der Waals surface area contributed by atoms with Crippen molar-refractivity contribution >= 4 is 28.5 Å². The molecule has 2 aromatic carbocycles. The number of fused-ring (bicyclic) bond motifs is 2. The van der Waals surface area contributed by atoms with Gasteiger partial charge in [-0.15, -0.1) is 0 Å². The second-order valence-electron chi connectivity index (χ2n) is 6.18. The van der Waals surface area contributed by atoms with Crippen molar-refractivity contribution in [1.29, 1.82) is 0 Å². The summed E-state index contributed by atoms with van der Waals surface area (Å²) >= 11 is 6.19. The Morgan fingerprint density at radius 3 is 2.56 bits per heavy atom. The molecule has 0 aliphatic carbocycles. The molecule has 4 rings (SSSR count). The first-order valence-electron chi connectivity index (χ1n) is 8.15. The summed E-state index contributed by atoms with van der Waals surface area (Å²) in [6.45, 7) is 4.21. The number of carbonyl (C=O) groups is 1. The number of amides is 1. The van der Waals surface area contributed by atoms with Crippen molar-refractivity contribution in [2.24, 2.45) is 0 Å². The van der Waals surface area contributed by atoms with Crippen molar-refractivity contribution in [1.82, 2.24) is 4.90 Å². The van der Waals surface area contributed by atoms with Gasteiger partial charge in [-0.25, -0.2) is 0 Å². The van der Waals surface area contributed by atoms with Crippen LogP contribution in [0.5, 0.6) is 0 Å². The Morgan fingerprint density at radius 2 is 1.88 bits per heavy atom. The molecule has 0 fully saturated rings. The van der Waals surface area contributed by atoms with Crippen molar-refractivity contribution in [2.75, 3.05) is 6.54 Å². The minimum absolute atomic E-state index is 0.134. The largest absolute Gasteiger partial charge is 0.450 e. The second-order valence-corrected chi connectivity index (χ2v) is 6.58. The molecule has 25 heavy (non-hydrogen) atoms. The Hall–Kier alpha value is -2.59. The highest BCUT2D eigenvalue weighted by atomic mass is 35.5. The summed E-state index contributed by atoms with van der Waals surface area (Å²) in [6, 6.07) is 12.4. The van der Waals surface area contributed by atoms with Crippen LogP contribution in [0.4, 0.5) is 0 Å². The highest BCUT2D eigenvalue weighted by Gasteiger charge is 2.41. The zero-order valence-electron chi connectivity index (χ0n) is 13.9. The highest BCUT2D eigenvalue weighted by molar-refractivity contribution is 6.32. The third kappa shape index (κ3) is 2.29. The van der Waals surface area contributed by atoms with Gasteiger partial charge in [-0.3, -0.25) is 9.59 Å². The van der Waals surface area contributed by atoms with Gasteiger partial charge in [0.15, 0.2) is 5.43 Å². The molecular formula is C20H16ClNO3. The summed E-state index contributed by atoms with van der Waals surface area (Å²) in [7, 11) is 0. The number of benzene rings is 2. The number of hydrogen-bond donors (Lipinski definition) is 0. The maximum absolute atomic E-state index is 13.2. The number of hydrogen-bond acceptors (Lipinski definition) is 3. The first kappa shape index (κ1) is 15.9. The van der Waals surface area contributed by atoms with Gasteiger partial charge in [-0.05, 0) is 37.1 Å². The van der Waals surface area contributed by atoms with Crippen LogP contribution in [-0.4, -0.2) is 17.4 Å². The van der Waals surface area contributed by atoms with E-state index in [4.69, 9.17) is 16.0 Å². The van der Waals surface area contributed by atoms with Crippen molar-refractivity contribution in [3.05, 3.63) is 80.2 Å². The second kappa shape index (κ2) is 5.74. The van der Waals surface area contributed by atoms with Crippen molar-refractivity contribution < 1.29 is 9.21 Å². The fourth-order valence-corrected chi connectivity index (χ4v) is 3.61. The van der Waals surface area contributed by atoms with Crippen LogP contribution in [0, 0.1) is 6.92 Å². The zero-order valence-corrected chi connectivity index (χ0v) is 14.6. The first-order chi connectivity index (χ1) is 12.0. The molecule has 1 atom stereocenters. The fourth-order valence-electron chi connectivity index (χ4n) is 3.45. The highest BCUT2D eigenvalue weighted by Crippen LogP contribution is 2.38. The van der Waals surface area contributed by atoms with Crippen molar-refractivity contribution in [3.8, 4) is 0 Å². The predicted octanol–water partition coefficient (Wildman–Crippen LogP) is 4.32. The van der Waals surface area contributed by atoms with E-state index >= 15 is 0 Å². The van der Waals surface area contributed by atoms with E-state index in [1.165, 1.54) is 0 Å². The van der Waals surface area contributed by atoms with Crippen molar-refractivity contribution in [2.45, 2.75) is 19.9 Å². The molecule has 0 spiro atoms. The van der Waals surface area contributed by atoms with Gasteiger partial charge >= 0.3 is 0 Å². The van der Waals surface area contributed by atoms with Crippen LogP contribution in [0.1, 0.15) is 40.2 Å². The van der Waals surface area contributed by atoms with Gasteiger partial charge in [0, 0.05) is 11.6 Å². The van der Waals surface area contributed by atoms with Crippen molar-refractivity contribution in [3.63, 3.8) is 0 Å². The summed E-state index contributed by atoms with van der Waals surface area (Å²) in [5.74, 6) is -0.118. The Morgan fingerprint density at radius 1 is 1.16 bits per heavy atom. The van der Waals surface area contributed by atoms with E-state index in [9.17, 15) is 9.59 Å². The number of nitrogens with zero attached hydrogens (tertiary/aromatic N) is 1. The predicted molar refractivity (Wildman–Crippen MR) is 97.2 cm³/mol. The van der Waals surface area contributed by atoms with Gasteiger partial charge in [0.1, 0.15) is 5.58 Å². The summed E-state index contributed by atoms with van der Waals surface area (Å²) in [5, 5.41) is 0.911. The summed E-state index contributed by atoms with van der Waals surface area (Å²) in [6.07, 6.45) is 0. The molecule has 126 valence electrons. The normalized spacial score (nSPS) is 16.5. The Bertz CT molecular complexity index is 1060. The lowest BCUT2D eigenvalue weighted by molar-refractivity contribution is 0.0738. The molecule has 0 saturated heterocycles. The van der Waals surface area contributed by atoms with Crippen LogP contribution in [-0.2, 0) is 0 Å². The monoisotopic (exact) mass is 353 g/mol. The average Bonchev–Trinajstić information content (AvgIpc) is 2.90. The van der Waals surface area contributed by atoms with Crippen LogP contribution in [0.2, 0.25) is 5.02 Å². The molecule has 3 aromatic rings. The van der Waals surface area contributed by atoms with Crippen LogP contribution in [0.15, 0.2) is 51.7 Å². The number of rotatable bonds is 2. The Kier molecular flexibility index (Phi) is 3.65. The SMILES string of the molecule is CCN1C(=O)c2oc3cc(C)c(Cl)cc3c(=O)c2C1c1ccccc1. The quantitative estimate of drug-likeness (QED) is 0.689. The van der Waals surface area contributed by atoms with Crippen LogP contribution in [0.25, 0.3) is 11.0 Å². The van der Waals surface area contributed by atoms with E-state index in [1.54, 1.807) is 17.0 Å². The van der Waals surface area contributed by atoms with E-state index < -0.39 is 6.04 Å². The van der Waals surface area contributed by atoms with E-state index in [0.717, 1.165) is 11.1 Å². The third-order valence-corrected chi connectivity index (χ3v) is 5.11. The number of carbonyl (C=O) groups excluding carboxylic acids is 1. The van der Waals surface area contributed by atoms with Crippen LogP contribution >= 0.6 is 11.6 Å². The van der Waals surface area contributed by atoms with Gasteiger partial charge in [-0.2, -0.15) is 0 Å². The molecular weight excluding hydrogens is 338 g/mol. The lowest BCUT2D eigenvalue weighted by Gasteiger charge is -2.23. The number of halogens is 1. The van der Waals surface area contributed by atoms with E-state index in [2.05, 4.69) is 0 Å². The topological polar surface area (TPSA) is 50.5 Å². The molecule has 1 amide bonds. The van der Waals surface area contributed by atoms with Gasteiger partial charge in [0.2, 0.25) is 5.76 Å². The molecule has 0 N–H and O–H groups in total. The summed E-state index contributed by atoms with van der Waals surface area (Å²) < 4.78 is 5.87. The molecule has 0 bridgehead atoms. The maximum Gasteiger partial charge on any atom is 0.290 e. The van der Waals surface area contributed by atoms with E-state index in [-0.39, 0.29) is 17.1 Å². The van der Waals surface area contributed by atoms with Gasteiger partial charge in [0.25, 0.3) is 5.91 Å². The molecule has 5 heteroatoms. The van der Waals surface area contributed by atoms with E-state index in [0.29, 0.717) is 28.1 Å².